The predicted octanol–water partition coefficient (Wildman–Crippen LogP) is 2.32. The van der Waals surface area contributed by atoms with Gasteiger partial charge in [-0.1, -0.05) is 50.1 Å². The number of likely N-dealkylation sites (N-methyl/N-ethyl adjacent to an activating group) is 1. The van der Waals surface area contributed by atoms with Crippen molar-refractivity contribution in [3.05, 3.63) is 53.3 Å². The molecular formula is C24H31N5O3. The average Bonchev–Trinajstić information content (AvgIpc) is 3.46. The molecule has 4 rings (SSSR count). The largest absolute Gasteiger partial charge is 0.351 e. The zero-order valence-electron chi connectivity index (χ0n) is 18.9. The second-order valence-electron chi connectivity index (χ2n) is 9.19. The van der Waals surface area contributed by atoms with Gasteiger partial charge in [0.25, 0.3) is 11.8 Å². The number of aromatic nitrogens is 2. The third kappa shape index (κ3) is 4.13. The Morgan fingerprint density at radius 2 is 1.91 bits per heavy atom. The molecule has 2 heterocycles. The molecule has 3 amide bonds. The van der Waals surface area contributed by atoms with Gasteiger partial charge in [0.2, 0.25) is 5.91 Å². The summed E-state index contributed by atoms with van der Waals surface area (Å²) < 4.78 is 1.49. The molecule has 2 aromatic rings. The molecule has 0 spiro atoms. The van der Waals surface area contributed by atoms with Crippen molar-refractivity contribution in [1.29, 1.82) is 0 Å². The van der Waals surface area contributed by atoms with Crippen LogP contribution in [-0.4, -0.2) is 57.6 Å². The molecule has 32 heavy (non-hydrogen) atoms. The van der Waals surface area contributed by atoms with Crippen LogP contribution in [0.2, 0.25) is 0 Å². The number of carbonyl (C=O) groups is 3. The third-order valence-electron chi connectivity index (χ3n) is 6.85. The van der Waals surface area contributed by atoms with Crippen molar-refractivity contribution in [3.63, 3.8) is 0 Å². The minimum absolute atomic E-state index is 0.146. The second kappa shape index (κ2) is 8.76. The van der Waals surface area contributed by atoms with Gasteiger partial charge in [0.05, 0.1) is 6.54 Å². The Morgan fingerprint density at radius 1 is 1.22 bits per heavy atom. The van der Waals surface area contributed by atoms with Crippen molar-refractivity contribution in [2.75, 3.05) is 13.6 Å². The van der Waals surface area contributed by atoms with Crippen LogP contribution in [0.3, 0.4) is 0 Å². The molecule has 0 radical (unpaired) electrons. The standard InChI is InChI=1S/C24H31N5O3/c1-16(17-9-5-4-6-10-17)14-25-21(30)19-13-20-22(31)28(3)24(2,15-29(20)27-19)23(32)26-18-11-7-8-12-18/h4-6,9-10,13,16,18H,7-8,11-12,14-15H2,1-3H3,(H,25,30)(H,26,32)/t16-,24-/m0/s1. The van der Waals surface area contributed by atoms with Gasteiger partial charge < -0.3 is 15.5 Å². The van der Waals surface area contributed by atoms with Crippen LogP contribution < -0.4 is 10.6 Å². The maximum absolute atomic E-state index is 13.1. The topological polar surface area (TPSA) is 96.3 Å². The van der Waals surface area contributed by atoms with Crippen LogP contribution in [0.15, 0.2) is 36.4 Å². The van der Waals surface area contributed by atoms with E-state index in [1.807, 2.05) is 37.3 Å². The maximum atomic E-state index is 13.1. The lowest BCUT2D eigenvalue weighted by Gasteiger charge is -2.41. The third-order valence-corrected chi connectivity index (χ3v) is 6.85. The molecular weight excluding hydrogens is 406 g/mol. The highest BCUT2D eigenvalue weighted by Gasteiger charge is 2.46. The number of benzene rings is 1. The Hall–Kier alpha value is -3.16. The van der Waals surface area contributed by atoms with Crippen molar-refractivity contribution >= 4 is 17.7 Å². The summed E-state index contributed by atoms with van der Waals surface area (Å²) in [5, 5.41) is 10.4. The van der Waals surface area contributed by atoms with Gasteiger partial charge in [-0.25, -0.2) is 0 Å². The lowest BCUT2D eigenvalue weighted by Crippen LogP contribution is -2.63. The molecule has 1 aliphatic heterocycles. The summed E-state index contributed by atoms with van der Waals surface area (Å²) in [5.41, 5.74) is 0.578. The van der Waals surface area contributed by atoms with Gasteiger partial charge >= 0.3 is 0 Å². The summed E-state index contributed by atoms with van der Waals surface area (Å²) in [4.78, 5) is 40.3. The molecule has 1 aliphatic carbocycles. The molecule has 2 N–H and O–H groups in total. The van der Waals surface area contributed by atoms with Crippen LogP contribution in [0.25, 0.3) is 0 Å². The van der Waals surface area contributed by atoms with Crippen LogP contribution in [0.1, 0.15) is 72.0 Å². The van der Waals surface area contributed by atoms with E-state index in [0.29, 0.717) is 12.2 Å². The number of nitrogens with one attached hydrogen (secondary N) is 2. The van der Waals surface area contributed by atoms with Gasteiger partial charge in [-0.15, -0.1) is 0 Å². The number of carbonyl (C=O) groups excluding carboxylic acids is 3. The first-order valence-electron chi connectivity index (χ1n) is 11.3. The molecule has 0 unspecified atom stereocenters. The van der Waals surface area contributed by atoms with Gasteiger partial charge in [0.1, 0.15) is 11.2 Å². The van der Waals surface area contributed by atoms with E-state index in [-0.39, 0.29) is 41.9 Å². The fourth-order valence-electron chi connectivity index (χ4n) is 4.48. The lowest BCUT2D eigenvalue weighted by molar-refractivity contribution is -0.133. The molecule has 1 aromatic heterocycles. The molecule has 8 heteroatoms. The first kappa shape index (κ1) is 22.0. The van der Waals surface area contributed by atoms with E-state index in [2.05, 4.69) is 15.7 Å². The zero-order valence-corrected chi connectivity index (χ0v) is 18.9. The highest BCUT2D eigenvalue weighted by atomic mass is 16.2. The van der Waals surface area contributed by atoms with Crippen LogP contribution in [0.5, 0.6) is 0 Å². The first-order chi connectivity index (χ1) is 15.3. The molecule has 8 nitrogen and oxygen atoms in total. The summed E-state index contributed by atoms with van der Waals surface area (Å²) >= 11 is 0. The quantitative estimate of drug-likeness (QED) is 0.725. The maximum Gasteiger partial charge on any atom is 0.272 e. The number of hydrogen-bond donors (Lipinski definition) is 2. The van der Waals surface area contributed by atoms with E-state index in [4.69, 9.17) is 0 Å². The van der Waals surface area contributed by atoms with Gasteiger partial charge in [0.15, 0.2) is 5.69 Å². The monoisotopic (exact) mass is 437 g/mol. The predicted molar refractivity (Wildman–Crippen MR) is 120 cm³/mol. The SMILES string of the molecule is C[C@@H](CNC(=O)c1cc2n(n1)C[C@@](C)(C(=O)NC1CCCC1)N(C)C2=O)c1ccccc1. The van der Waals surface area contributed by atoms with Crippen molar-refractivity contribution in [3.8, 4) is 0 Å². The normalized spacial score (nSPS) is 21.8. The number of fused-ring (bicyclic) bond motifs is 1. The number of rotatable bonds is 6. The van der Waals surface area contributed by atoms with Crippen LogP contribution in [0, 0.1) is 0 Å². The molecule has 2 atom stereocenters. The summed E-state index contributed by atoms with van der Waals surface area (Å²) in [5.74, 6) is -0.677. The van der Waals surface area contributed by atoms with Gasteiger partial charge in [-0.2, -0.15) is 5.10 Å². The first-order valence-corrected chi connectivity index (χ1v) is 11.3. The highest BCUT2D eigenvalue weighted by Crippen LogP contribution is 2.27. The Kier molecular flexibility index (Phi) is 6.04. The van der Waals surface area contributed by atoms with E-state index in [9.17, 15) is 14.4 Å². The van der Waals surface area contributed by atoms with Gasteiger partial charge in [-0.05, 0) is 31.2 Å². The van der Waals surface area contributed by atoms with E-state index in [0.717, 1.165) is 31.2 Å². The molecule has 1 fully saturated rings. The van der Waals surface area contributed by atoms with E-state index < -0.39 is 5.54 Å². The number of hydrogen-bond acceptors (Lipinski definition) is 4. The molecule has 1 aromatic carbocycles. The summed E-state index contributed by atoms with van der Waals surface area (Å²) in [6.45, 7) is 4.46. The molecule has 2 aliphatic rings. The summed E-state index contributed by atoms with van der Waals surface area (Å²) in [7, 11) is 1.63. The molecule has 170 valence electrons. The Balaban J connectivity index is 1.46. The Morgan fingerprint density at radius 3 is 2.59 bits per heavy atom. The molecule has 1 saturated carbocycles. The van der Waals surface area contributed by atoms with E-state index in [1.54, 1.807) is 14.0 Å². The fourth-order valence-corrected chi connectivity index (χ4v) is 4.48. The van der Waals surface area contributed by atoms with Crippen molar-refractivity contribution in [2.45, 2.75) is 63.6 Å². The highest BCUT2D eigenvalue weighted by molar-refractivity contribution is 6.01. The van der Waals surface area contributed by atoms with Crippen molar-refractivity contribution < 1.29 is 14.4 Å². The smallest absolute Gasteiger partial charge is 0.272 e. The molecule has 0 bridgehead atoms. The summed E-state index contributed by atoms with van der Waals surface area (Å²) in [6.07, 6.45) is 4.17. The second-order valence-corrected chi connectivity index (χ2v) is 9.19. The van der Waals surface area contributed by atoms with Gasteiger partial charge in [0, 0.05) is 25.7 Å². The Bertz CT molecular complexity index is 1010. The summed E-state index contributed by atoms with van der Waals surface area (Å²) in [6, 6.07) is 11.6. The van der Waals surface area contributed by atoms with Crippen molar-refractivity contribution in [1.82, 2.24) is 25.3 Å². The fraction of sp³-hybridized carbons (Fsp3) is 0.500. The average molecular weight is 438 g/mol. The minimum Gasteiger partial charge on any atom is -0.351 e. The molecule has 0 saturated heterocycles. The Labute approximate surface area is 188 Å². The lowest BCUT2D eigenvalue weighted by atomic mass is 9.95. The number of nitrogens with zero attached hydrogens (tertiary/aromatic N) is 3. The zero-order chi connectivity index (χ0) is 22.9. The minimum atomic E-state index is -1.06. The van der Waals surface area contributed by atoms with Crippen LogP contribution in [0.4, 0.5) is 0 Å². The van der Waals surface area contributed by atoms with Crippen LogP contribution >= 0.6 is 0 Å². The van der Waals surface area contributed by atoms with Crippen LogP contribution in [-0.2, 0) is 11.3 Å². The van der Waals surface area contributed by atoms with E-state index in [1.165, 1.54) is 15.6 Å². The number of amides is 3. The van der Waals surface area contributed by atoms with Crippen molar-refractivity contribution in [2.24, 2.45) is 0 Å². The van der Waals surface area contributed by atoms with Gasteiger partial charge in [-0.3, -0.25) is 19.1 Å². The van der Waals surface area contributed by atoms with E-state index >= 15 is 0 Å².